The van der Waals surface area contributed by atoms with Crippen molar-refractivity contribution >= 4 is 5.97 Å². The summed E-state index contributed by atoms with van der Waals surface area (Å²) in [6.45, 7) is 3.72. The number of ether oxygens (including phenoxy) is 2. The molecule has 0 N–H and O–H groups in total. The second-order valence-corrected chi connectivity index (χ2v) is 8.68. The molecule has 1 aromatic carbocycles. The zero-order chi connectivity index (χ0) is 27.1. The van der Waals surface area contributed by atoms with Crippen LogP contribution >= 0.6 is 0 Å². The third-order valence-corrected chi connectivity index (χ3v) is 5.68. The third-order valence-electron chi connectivity index (χ3n) is 5.68. The molecule has 0 saturated heterocycles. The van der Waals surface area contributed by atoms with Crippen LogP contribution in [0.15, 0.2) is 61.1 Å². The van der Waals surface area contributed by atoms with Gasteiger partial charge in [-0.15, -0.1) is 5.10 Å². The van der Waals surface area contributed by atoms with Crippen LogP contribution in [0.2, 0.25) is 0 Å². The number of halogens is 3. The van der Waals surface area contributed by atoms with E-state index in [0.717, 1.165) is 48.5 Å². The highest BCUT2D eigenvalue weighted by Gasteiger charge is 2.30. The molecule has 0 aliphatic carbocycles. The molecule has 0 spiro atoms. The number of carbonyl (C=O) groups is 1. The fourth-order valence-electron chi connectivity index (χ4n) is 3.87. The van der Waals surface area contributed by atoms with Crippen LogP contribution in [0.1, 0.15) is 49.9 Å². The monoisotopic (exact) mass is 527 g/mol. The van der Waals surface area contributed by atoms with Crippen LogP contribution in [0.3, 0.4) is 0 Å². The summed E-state index contributed by atoms with van der Waals surface area (Å²) in [4.78, 5) is 15.5. The second kappa shape index (κ2) is 11.9. The summed E-state index contributed by atoms with van der Waals surface area (Å²) in [6, 6.07) is 11.7. The number of hydrogen-bond donors (Lipinski definition) is 0. The largest absolute Gasteiger partial charge is 0.474 e. The predicted molar refractivity (Wildman–Crippen MR) is 134 cm³/mol. The molecule has 4 aromatic rings. The van der Waals surface area contributed by atoms with Crippen LogP contribution in [0, 0.1) is 0 Å². The predicted octanol–water partition coefficient (Wildman–Crippen LogP) is 5.75. The van der Waals surface area contributed by atoms with Crippen molar-refractivity contribution in [2.75, 3.05) is 6.61 Å². The first-order chi connectivity index (χ1) is 18.2. The highest BCUT2D eigenvalue weighted by Crippen LogP contribution is 2.29. The first kappa shape index (κ1) is 26.9. The van der Waals surface area contributed by atoms with E-state index < -0.39 is 17.7 Å². The number of para-hydroxylation sites is 1. The number of esters is 1. The van der Waals surface area contributed by atoms with E-state index in [0.29, 0.717) is 25.3 Å². The minimum absolute atomic E-state index is 0.233. The highest BCUT2D eigenvalue weighted by atomic mass is 19.4. The smallest absolute Gasteiger partial charge is 0.417 e. The molecule has 0 saturated carbocycles. The summed E-state index contributed by atoms with van der Waals surface area (Å²) in [5.41, 5.74) is 1.92. The molecular weight excluding hydrogens is 499 g/mol. The van der Waals surface area contributed by atoms with Gasteiger partial charge in [0.15, 0.2) is 5.82 Å². The van der Waals surface area contributed by atoms with Crippen LogP contribution in [-0.4, -0.2) is 37.1 Å². The Morgan fingerprint density at radius 2 is 1.76 bits per heavy atom. The maximum Gasteiger partial charge on any atom is 0.417 e. The van der Waals surface area contributed by atoms with Gasteiger partial charge >= 0.3 is 12.1 Å². The van der Waals surface area contributed by atoms with Gasteiger partial charge in [0.1, 0.15) is 0 Å². The lowest BCUT2D eigenvalue weighted by Crippen LogP contribution is -2.07. The minimum Gasteiger partial charge on any atom is -0.474 e. The van der Waals surface area contributed by atoms with Crippen molar-refractivity contribution in [3.63, 3.8) is 0 Å². The molecule has 0 aliphatic heterocycles. The van der Waals surface area contributed by atoms with E-state index >= 15 is 0 Å². The SMILES string of the molecule is CCCc1nn(-c2ccc(C(F)(F)F)cn2)cc1CCCCOc1nn(-c2ccccc2)cc1OC(C)=O. The van der Waals surface area contributed by atoms with E-state index in [9.17, 15) is 18.0 Å². The number of hydrogen-bond acceptors (Lipinski definition) is 6. The van der Waals surface area contributed by atoms with Gasteiger partial charge in [-0.2, -0.15) is 18.3 Å². The van der Waals surface area contributed by atoms with E-state index in [-0.39, 0.29) is 11.6 Å². The van der Waals surface area contributed by atoms with Gasteiger partial charge in [-0.05, 0) is 55.5 Å². The van der Waals surface area contributed by atoms with Gasteiger partial charge in [0, 0.05) is 19.3 Å². The lowest BCUT2D eigenvalue weighted by molar-refractivity contribution is -0.138. The van der Waals surface area contributed by atoms with E-state index in [1.807, 2.05) is 43.5 Å². The molecule has 0 unspecified atom stereocenters. The van der Waals surface area contributed by atoms with Crippen LogP contribution in [-0.2, 0) is 23.8 Å². The molecule has 0 fully saturated rings. The number of aromatic nitrogens is 5. The topological polar surface area (TPSA) is 84.1 Å². The van der Waals surface area contributed by atoms with E-state index in [2.05, 4.69) is 15.2 Å². The number of pyridine rings is 1. The summed E-state index contributed by atoms with van der Waals surface area (Å²) >= 11 is 0. The summed E-state index contributed by atoms with van der Waals surface area (Å²) in [6.07, 6.45) is 3.64. The Balaban J connectivity index is 1.37. The molecule has 8 nitrogen and oxygen atoms in total. The third kappa shape index (κ3) is 6.78. The van der Waals surface area contributed by atoms with Crippen molar-refractivity contribution in [2.24, 2.45) is 0 Å². The number of aryl methyl sites for hydroxylation is 2. The quantitative estimate of drug-likeness (QED) is 0.182. The van der Waals surface area contributed by atoms with Crippen LogP contribution < -0.4 is 9.47 Å². The minimum atomic E-state index is -4.44. The average molecular weight is 528 g/mol. The molecule has 4 rings (SSSR count). The number of alkyl halides is 3. The fraction of sp³-hybridized carbons (Fsp3) is 0.333. The van der Waals surface area contributed by atoms with Gasteiger partial charge in [0.05, 0.1) is 29.7 Å². The number of nitrogens with zero attached hydrogens (tertiary/aromatic N) is 5. The van der Waals surface area contributed by atoms with Crippen molar-refractivity contribution in [1.82, 2.24) is 24.5 Å². The van der Waals surface area contributed by atoms with Crippen LogP contribution in [0.4, 0.5) is 13.2 Å². The van der Waals surface area contributed by atoms with Gasteiger partial charge in [-0.1, -0.05) is 31.5 Å². The lowest BCUT2D eigenvalue weighted by atomic mass is 10.1. The first-order valence-corrected chi connectivity index (χ1v) is 12.3. The Hall–Kier alpha value is -4.15. The molecule has 3 aromatic heterocycles. The van der Waals surface area contributed by atoms with E-state index in [1.165, 1.54) is 17.7 Å². The standard InChI is InChI=1S/C27H28F3N5O3/c1-3-9-23-20(17-35(32-23)25-14-13-21(16-31-25)27(28,29)30)10-7-8-15-37-26-24(38-19(2)36)18-34(33-26)22-11-5-4-6-12-22/h4-6,11-14,16-18H,3,7-10,15H2,1-2H3. The summed E-state index contributed by atoms with van der Waals surface area (Å²) in [5, 5.41) is 8.97. The molecule has 3 heterocycles. The normalized spacial score (nSPS) is 11.5. The average Bonchev–Trinajstić information content (AvgIpc) is 3.48. The maximum absolute atomic E-state index is 12.9. The summed E-state index contributed by atoms with van der Waals surface area (Å²) in [7, 11) is 0. The van der Waals surface area contributed by atoms with Crippen LogP contribution in [0.25, 0.3) is 11.5 Å². The van der Waals surface area contributed by atoms with Crippen molar-refractivity contribution in [3.05, 3.63) is 77.9 Å². The Morgan fingerprint density at radius 3 is 2.42 bits per heavy atom. The number of rotatable bonds is 11. The van der Waals surface area contributed by atoms with Gasteiger partial charge < -0.3 is 9.47 Å². The number of unbranched alkanes of at least 4 members (excludes halogenated alkanes) is 1. The highest BCUT2D eigenvalue weighted by molar-refractivity contribution is 5.70. The first-order valence-electron chi connectivity index (χ1n) is 12.3. The van der Waals surface area contributed by atoms with Gasteiger partial charge in [-0.3, -0.25) is 4.79 Å². The molecule has 38 heavy (non-hydrogen) atoms. The maximum atomic E-state index is 12.9. The Kier molecular flexibility index (Phi) is 8.45. The zero-order valence-electron chi connectivity index (χ0n) is 21.1. The molecule has 11 heteroatoms. The van der Waals surface area contributed by atoms with Gasteiger partial charge in [-0.25, -0.2) is 14.3 Å². The number of benzene rings is 1. The summed E-state index contributed by atoms with van der Waals surface area (Å²) < 4.78 is 52.8. The Bertz CT molecular complexity index is 1350. The van der Waals surface area contributed by atoms with E-state index in [4.69, 9.17) is 9.47 Å². The van der Waals surface area contributed by atoms with Gasteiger partial charge in [0.25, 0.3) is 5.88 Å². The molecule has 0 amide bonds. The molecule has 0 radical (unpaired) electrons. The molecular formula is C27H28F3N5O3. The molecule has 0 aliphatic rings. The van der Waals surface area contributed by atoms with Crippen molar-refractivity contribution in [2.45, 2.75) is 52.1 Å². The van der Waals surface area contributed by atoms with Crippen molar-refractivity contribution < 1.29 is 27.4 Å². The Labute approximate surface area is 218 Å². The second-order valence-electron chi connectivity index (χ2n) is 8.68. The lowest BCUT2D eigenvalue weighted by Gasteiger charge is -2.06. The summed E-state index contributed by atoms with van der Waals surface area (Å²) in [5.74, 6) is 0.344. The van der Waals surface area contributed by atoms with Crippen LogP contribution in [0.5, 0.6) is 11.6 Å². The Morgan fingerprint density at radius 1 is 0.974 bits per heavy atom. The fourth-order valence-corrected chi connectivity index (χ4v) is 3.87. The molecule has 0 bridgehead atoms. The molecule has 200 valence electrons. The van der Waals surface area contributed by atoms with Crippen molar-refractivity contribution in [3.8, 4) is 23.1 Å². The molecule has 0 atom stereocenters. The zero-order valence-corrected chi connectivity index (χ0v) is 21.1. The van der Waals surface area contributed by atoms with Gasteiger partial charge in [0.2, 0.25) is 5.75 Å². The van der Waals surface area contributed by atoms with Crippen molar-refractivity contribution in [1.29, 1.82) is 0 Å². The number of carbonyl (C=O) groups excluding carboxylic acids is 1. The van der Waals surface area contributed by atoms with E-state index in [1.54, 1.807) is 10.9 Å².